The van der Waals surface area contributed by atoms with Gasteiger partial charge in [-0.2, -0.15) is 0 Å². The van der Waals surface area contributed by atoms with Crippen LogP contribution in [0, 0.1) is 0 Å². The standard InChI is InChI=1S/C6H5Si.3C5H8O3/c7-6-4-2-1-3-5-6;3*1-2-8-4-3-5(6)7/h1-5H;3*3-4H,2H2,1H3,(H,6,7). The summed E-state index contributed by atoms with van der Waals surface area (Å²) in [5.74, 6) is -2.96. The van der Waals surface area contributed by atoms with E-state index in [4.69, 9.17) is 15.3 Å². The minimum Gasteiger partial charge on any atom is -0.501 e. The van der Waals surface area contributed by atoms with Crippen molar-refractivity contribution >= 4 is 33.3 Å². The topological polar surface area (TPSA) is 140 Å². The van der Waals surface area contributed by atoms with Gasteiger partial charge in [0.25, 0.3) is 0 Å². The molecule has 0 heterocycles. The van der Waals surface area contributed by atoms with Crippen LogP contribution in [-0.2, 0) is 28.6 Å². The predicted molar refractivity (Wildman–Crippen MR) is 117 cm³/mol. The maximum absolute atomic E-state index is 9.71. The van der Waals surface area contributed by atoms with E-state index in [-0.39, 0.29) is 0 Å². The van der Waals surface area contributed by atoms with E-state index in [1.165, 1.54) is 0 Å². The summed E-state index contributed by atoms with van der Waals surface area (Å²) in [6, 6.07) is 9.96. The van der Waals surface area contributed by atoms with Crippen molar-refractivity contribution in [1.29, 1.82) is 0 Å². The summed E-state index contributed by atoms with van der Waals surface area (Å²) in [7, 11) is 3.36. The fourth-order valence-corrected chi connectivity index (χ4v) is 1.24. The van der Waals surface area contributed by atoms with Crippen LogP contribution < -0.4 is 5.19 Å². The molecule has 0 amide bonds. The minimum absolute atomic E-state index is 0.504. The smallest absolute Gasteiger partial charge is 0.331 e. The van der Waals surface area contributed by atoms with Crippen LogP contribution in [0.25, 0.3) is 0 Å². The second-order valence-corrected chi connectivity index (χ2v) is 5.23. The summed E-state index contributed by atoms with van der Waals surface area (Å²) in [4.78, 5) is 29.1. The first-order chi connectivity index (χ1) is 14.7. The molecular formula is C21H29O9Si. The Labute approximate surface area is 185 Å². The van der Waals surface area contributed by atoms with Gasteiger partial charge in [-0.1, -0.05) is 35.5 Å². The van der Waals surface area contributed by atoms with Crippen molar-refractivity contribution in [1.82, 2.24) is 0 Å². The molecule has 0 unspecified atom stereocenters. The predicted octanol–water partition coefficient (Wildman–Crippen LogP) is 2.34. The van der Waals surface area contributed by atoms with E-state index >= 15 is 0 Å². The van der Waals surface area contributed by atoms with E-state index < -0.39 is 17.9 Å². The third-order valence-corrected chi connectivity index (χ3v) is 2.53. The van der Waals surface area contributed by atoms with Gasteiger partial charge in [-0.05, 0) is 20.8 Å². The molecule has 9 nitrogen and oxygen atoms in total. The molecule has 31 heavy (non-hydrogen) atoms. The Morgan fingerprint density at radius 1 is 0.710 bits per heavy atom. The first-order valence-corrected chi connectivity index (χ1v) is 9.50. The maximum atomic E-state index is 9.71. The third kappa shape index (κ3) is 41.8. The Morgan fingerprint density at radius 3 is 1.16 bits per heavy atom. The lowest BCUT2D eigenvalue weighted by atomic mass is 10.4. The van der Waals surface area contributed by atoms with Gasteiger partial charge in [0.05, 0.1) is 67.1 Å². The summed E-state index contributed by atoms with van der Waals surface area (Å²) in [6.45, 7) is 6.86. The van der Waals surface area contributed by atoms with Gasteiger partial charge in [0, 0.05) is 0 Å². The molecule has 0 aliphatic carbocycles. The fourth-order valence-electron chi connectivity index (χ4n) is 1.05. The van der Waals surface area contributed by atoms with Crippen molar-refractivity contribution in [3.63, 3.8) is 0 Å². The van der Waals surface area contributed by atoms with Crippen molar-refractivity contribution in [2.45, 2.75) is 20.8 Å². The second kappa shape index (κ2) is 26.5. The number of aliphatic carboxylic acids is 3. The summed E-state index contributed by atoms with van der Waals surface area (Å²) >= 11 is 0. The van der Waals surface area contributed by atoms with Crippen LogP contribution in [0.3, 0.4) is 0 Å². The van der Waals surface area contributed by atoms with E-state index in [0.717, 1.165) is 42.2 Å². The molecule has 1 aromatic carbocycles. The monoisotopic (exact) mass is 453 g/mol. The molecular weight excluding hydrogens is 424 g/mol. The molecule has 0 aliphatic rings. The number of carbonyl (C=O) groups is 3. The Kier molecular flexibility index (Phi) is 27.4. The minimum atomic E-state index is -0.988. The highest BCUT2D eigenvalue weighted by Gasteiger charge is 1.82. The van der Waals surface area contributed by atoms with Crippen LogP contribution in [-0.4, -0.2) is 63.3 Å². The fraction of sp³-hybridized carbons (Fsp3) is 0.286. The van der Waals surface area contributed by atoms with Gasteiger partial charge in [-0.3, -0.25) is 0 Å². The van der Waals surface area contributed by atoms with E-state index in [2.05, 4.69) is 24.5 Å². The van der Waals surface area contributed by atoms with Crippen LogP contribution in [0.4, 0.5) is 0 Å². The number of hydrogen-bond donors (Lipinski definition) is 3. The number of rotatable bonds is 9. The molecule has 0 atom stereocenters. The molecule has 1 aromatic rings. The molecule has 0 spiro atoms. The zero-order chi connectivity index (χ0) is 24.3. The number of carboxylic acids is 3. The average molecular weight is 454 g/mol. The normalized spacial score (nSPS) is 9.42. The number of benzene rings is 1. The highest BCUT2D eigenvalue weighted by molar-refractivity contribution is 6.32. The van der Waals surface area contributed by atoms with Gasteiger partial charge in [0.2, 0.25) is 0 Å². The molecule has 1 rings (SSSR count). The van der Waals surface area contributed by atoms with E-state index in [1.807, 2.05) is 30.3 Å². The second-order valence-electron chi connectivity index (χ2n) is 4.66. The highest BCUT2D eigenvalue weighted by Crippen LogP contribution is 1.77. The first kappa shape index (κ1) is 32.1. The lowest BCUT2D eigenvalue weighted by molar-refractivity contribution is -0.132. The molecule has 3 N–H and O–H groups in total. The number of hydrogen-bond acceptors (Lipinski definition) is 6. The summed E-state index contributed by atoms with van der Waals surface area (Å²) in [6.07, 6.45) is 6.31. The lowest BCUT2D eigenvalue weighted by Crippen LogP contribution is -1.97. The molecule has 0 aromatic heterocycles. The van der Waals surface area contributed by atoms with Gasteiger partial charge in [-0.15, -0.1) is 0 Å². The zero-order valence-corrected chi connectivity index (χ0v) is 18.8. The van der Waals surface area contributed by atoms with Crippen LogP contribution in [0.2, 0.25) is 0 Å². The van der Waals surface area contributed by atoms with Gasteiger partial charge in [0.1, 0.15) is 0 Å². The highest BCUT2D eigenvalue weighted by atomic mass is 28.1. The van der Waals surface area contributed by atoms with Crippen LogP contribution >= 0.6 is 0 Å². The maximum Gasteiger partial charge on any atom is 0.331 e. The third-order valence-electron chi connectivity index (χ3n) is 2.19. The number of ether oxygens (including phenoxy) is 3. The molecule has 0 saturated heterocycles. The van der Waals surface area contributed by atoms with E-state index in [9.17, 15) is 14.4 Å². The summed E-state index contributed by atoms with van der Waals surface area (Å²) in [5.41, 5.74) is 0. The van der Waals surface area contributed by atoms with Crippen molar-refractivity contribution in [3.8, 4) is 0 Å². The summed E-state index contributed by atoms with van der Waals surface area (Å²) < 4.78 is 13.7. The van der Waals surface area contributed by atoms with Gasteiger partial charge in [-0.25, -0.2) is 14.4 Å². The lowest BCUT2D eigenvalue weighted by Gasteiger charge is -1.87. The van der Waals surface area contributed by atoms with Crippen LogP contribution in [0.5, 0.6) is 0 Å². The molecule has 0 fully saturated rings. The zero-order valence-electron chi connectivity index (χ0n) is 17.8. The van der Waals surface area contributed by atoms with Crippen molar-refractivity contribution in [2.24, 2.45) is 0 Å². The van der Waals surface area contributed by atoms with Gasteiger partial charge >= 0.3 is 17.9 Å². The average Bonchev–Trinajstić information content (AvgIpc) is 2.70. The first-order valence-electron chi connectivity index (χ1n) is 9.00. The van der Waals surface area contributed by atoms with Crippen molar-refractivity contribution < 1.29 is 43.9 Å². The van der Waals surface area contributed by atoms with Crippen LogP contribution in [0.1, 0.15) is 20.8 Å². The van der Waals surface area contributed by atoms with E-state index in [0.29, 0.717) is 19.8 Å². The molecule has 0 aliphatic heterocycles. The van der Waals surface area contributed by atoms with Gasteiger partial charge < -0.3 is 29.5 Å². The Balaban J connectivity index is -0.000000337. The van der Waals surface area contributed by atoms with E-state index in [1.54, 1.807) is 20.8 Å². The molecule has 0 saturated carbocycles. The Morgan fingerprint density at radius 2 is 1.00 bits per heavy atom. The SMILES string of the molecule is CCOC=CC(=O)O.CCOC=CC(=O)O.CCOC=CC(=O)O.[Si]c1ccccc1. The largest absolute Gasteiger partial charge is 0.501 e. The van der Waals surface area contributed by atoms with Crippen LogP contribution in [0.15, 0.2) is 67.3 Å². The molecule has 171 valence electrons. The Hall–Kier alpha value is -3.53. The number of carboxylic acid groups (broad SMARTS) is 3. The molecule has 0 bridgehead atoms. The summed E-state index contributed by atoms with van der Waals surface area (Å²) in [5, 5.41) is 25.0. The van der Waals surface area contributed by atoms with Crippen molar-refractivity contribution in [3.05, 3.63) is 67.3 Å². The van der Waals surface area contributed by atoms with Crippen molar-refractivity contribution in [2.75, 3.05) is 19.8 Å². The molecule has 3 radical (unpaired) electrons. The quantitative estimate of drug-likeness (QED) is 0.292. The van der Waals surface area contributed by atoms with Gasteiger partial charge in [0.15, 0.2) is 0 Å². The molecule has 10 heteroatoms. The Bertz CT molecular complexity index is 594.